The molecule has 0 spiro atoms. The van der Waals surface area contributed by atoms with Crippen molar-refractivity contribution in [3.63, 3.8) is 0 Å². The number of benzene rings is 1. The van der Waals surface area contributed by atoms with Gasteiger partial charge >= 0.3 is 11.9 Å². The second kappa shape index (κ2) is 13.5. The van der Waals surface area contributed by atoms with Crippen molar-refractivity contribution in [3.8, 4) is 0 Å². The molecule has 0 saturated heterocycles. The van der Waals surface area contributed by atoms with E-state index in [0.29, 0.717) is 25.7 Å². The third kappa shape index (κ3) is 9.37. The molecule has 1 saturated carbocycles. The van der Waals surface area contributed by atoms with Crippen molar-refractivity contribution < 1.29 is 34.8 Å². The van der Waals surface area contributed by atoms with Gasteiger partial charge in [-0.05, 0) is 49.5 Å². The number of carboxylic acids is 1. The number of rotatable bonds is 14. The summed E-state index contributed by atoms with van der Waals surface area (Å²) < 4.78 is 5.20. The van der Waals surface area contributed by atoms with Crippen LogP contribution in [-0.4, -0.2) is 50.7 Å². The first-order chi connectivity index (χ1) is 14.9. The zero-order chi connectivity index (χ0) is 22.6. The average molecular weight is 437 g/mol. The zero-order valence-electron chi connectivity index (χ0n) is 18.1. The van der Waals surface area contributed by atoms with Gasteiger partial charge in [0.1, 0.15) is 6.61 Å². The number of carboxylic acid groups (broad SMARTS) is 1. The Morgan fingerprint density at radius 2 is 1.61 bits per heavy atom. The molecule has 1 aliphatic rings. The van der Waals surface area contributed by atoms with E-state index in [4.69, 9.17) is 9.84 Å². The zero-order valence-corrected chi connectivity index (χ0v) is 18.1. The fraction of sp³-hybridized carbons (Fsp3) is 0.667. The van der Waals surface area contributed by atoms with Crippen molar-refractivity contribution in [2.45, 2.75) is 89.1 Å². The molecule has 0 aromatic heterocycles. The van der Waals surface area contributed by atoms with Gasteiger partial charge in [0, 0.05) is 6.42 Å². The highest BCUT2D eigenvalue weighted by molar-refractivity contribution is 5.69. The molecule has 0 amide bonds. The normalized spacial score (nSPS) is 24.1. The number of carbonyl (C=O) groups excluding carboxylic acids is 1. The molecule has 2 rings (SSSR count). The van der Waals surface area contributed by atoms with Gasteiger partial charge in [-0.15, -0.1) is 0 Å². The van der Waals surface area contributed by atoms with E-state index in [0.717, 1.165) is 31.2 Å². The highest BCUT2D eigenvalue weighted by Crippen LogP contribution is 2.39. The molecule has 0 heterocycles. The van der Waals surface area contributed by atoms with Crippen LogP contribution in [-0.2, 0) is 20.9 Å². The predicted octanol–water partition coefficient (Wildman–Crippen LogP) is 3.04. The number of esters is 1. The first kappa shape index (κ1) is 25.3. The summed E-state index contributed by atoms with van der Waals surface area (Å²) in [4.78, 5) is 22.5. The van der Waals surface area contributed by atoms with Crippen LogP contribution in [0.25, 0.3) is 0 Å². The van der Waals surface area contributed by atoms with Crippen molar-refractivity contribution in [3.05, 3.63) is 35.9 Å². The molecular weight excluding hydrogens is 400 g/mol. The minimum absolute atomic E-state index is 0.0355. The summed E-state index contributed by atoms with van der Waals surface area (Å²) in [5, 5.41) is 39.6. The van der Waals surface area contributed by atoms with Crippen LogP contribution in [0.1, 0.15) is 69.8 Å². The van der Waals surface area contributed by atoms with Crippen molar-refractivity contribution in [2.24, 2.45) is 11.8 Å². The summed E-state index contributed by atoms with van der Waals surface area (Å²) in [7, 11) is 0. The van der Waals surface area contributed by atoms with Gasteiger partial charge in [0.2, 0.25) is 0 Å². The highest BCUT2D eigenvalue weighted by atomic mass is 16.5. The van der Waals surface area contributed by atoms with Crippen molar-refractivity contribution in [2.75, 3.05) is 0 Å². The minimum Gasteiger partial charge on any atom is -0.481 e. The van der Waals surface area contributed by atoms with E-state index >= 15 is 0 Å². The third-order valence-corrected chi connectivity index (χ3v) is 6.18. The van der Waals surface area contributed by atoms with Crippen LogP contribution in [0.3, 0.4) is 0 Å². The Bertz CT molecular complexity index is 663. The molecule has 1 aromatic carbocycles. The lowest BCUT2D eigenvalue weighted by molar-refractivity contribution is -0.147. The lowest BCUT2D eigenvalue weighted by Gasteiger charge is -2.24. The quantitative estimate of drug-likeness (QED) is 0.261. The number of hydrogen-bond donors (Lipinski definition) is 4. The van der Waals surface area contributed by atoms with E-state index in [1.54, 1.807) is 0 Å². The molecule has 5 atom stereocenters. The Morgan fingerprint density at radius 3 is 2.29 bits per heavy atom. The molecule has 3 unspecified atom stereocenters. The summed E-state index contributed by atoms with van der Waals surface area (Å²) in [5.41, 5.74) is 0.888. The maximum Gasteiger partial charge on any atom is 0.308 e. The predicted molar refractivity (Wildman–Crippen MR) is 115 cm³/mol. The number of hydrogen-bond acceptors (Lipinski definition) is 6. The van der Waals surface area contributed by atoms with Crippen LogP contribution in [0.5, 0.6) is 0 Å². The molecule has 0 aliphatic heterocycles. The number of aliphatic hydroxyl groups excluding tert-OH is 3. The number of aliphatic hydroxyl groups is 3. The molecule has 31 heavy (non-hydrogen) atoms. The topological polar surface area (TPSA) is 124 Å². The maximum atomic E-state index is 12.0. The fourth-order valence-corrected chi connectivity index (χ4v) is 4.47. The van der Waals surface area contributed by atoms with E-state index in [1.807, 2.05) is 30.3 Å². The molecule has 0 bridgehead atoms. The van der Waals surface area contributed by atoms with Gasteiger partial charge in [-0.25, -0.2) is 0 Å². The van der Waals surface area contributed by atoms with Gasteiger partial charge in [-0.3, -0.25) is 9.59 Å². The van der Waals surface area contributed by atoms with E-state index in [9.17, 15) is 24.9 Å². The third-order valence-electron chi connectivity index (χ3n) is 6.18. The lowest BCUT2D eigenvalue weighted by atomic mass is 9.84. The molecule has 4 N–H and O–H groups in total. The first-order valence-corrected chi connectivity index (χ1v) is 11.3. The van der Waals surface area contributed by atoms with Crippen LogP contribution in [0.2, 0.25) is 0 Å². The van der Waals surface area contributed by atoms with Gasteiger partial charge in [-0.2, -0.15) is 0 Å². The van der Waals surface area contributed by atoms with Crippen molar-refractivity contribution in [1.29, 1.82) is 0 Å². The molecule has 7 nitrogen and oxygen atoms in total. The summed E-state index contributed by atoms with van der Waals surface area (Å²) in [6.45, 7) is 0.175. The summed E-state index contributed by atoms with van der Waals surface area (Å²) >= 11 is 0. The summed E-state index contributed by atoms with van der Waals surface area (Å²) in [6.07, 6.45) is 3.35. The SMILES string of the molecule is O=C(O)CCCCCC[C@H]1C(O)CC(O)[C@@H]1CCC(O)CC(=O)OCc1ccccc1. The van der Waals surface area contributed by atoms with Gasteiger partial charge < -0.3 is 25.2 Å². The fourth-order valence-electron chi connectivity index (χ4n) is 4.47. The molecule has 0 radical (unpaired) electrons. The molecule has 1 fully saturated rings. The molecule has 174 valence electrons. The molecular formula is C24H36O7. The number of aliphatic carboxylic acids is 1. The van der Waals surface area contributed by atoms with E-state index in [-0.39, 0.29) is 31.3 Å². The number of carbonyl (C=O) groups is 2. The summed E-state index contributed by atoms with van der Waals surface area (Å²) in [5.74, 6) is -1.38. The van der Waals surface area contributed by atoms with Crippen LogP contribution in [0.15, 0.2) is 30.3 Å². The first-order valence-electron chi connectivity index (χ1n) is 11.3. The van der Waals surface area contributed by atoms with Gasteiger partial charge in [-0.1, -0.05) is 49.6 Å². The number of unbranched alkanes of at least 4 members (excludes halogenated alkanes) is 3. The summed E-state index contributed by atoms with van der Waals surface area (Å²) in [6, 6.07) is 9.35. The number of ether oxygens (including phenoxy) is 1. The Kier molecular flexibility index (Phi) is 11.0. The highest BCUT2D eigenvalue weighted by Gasteiger charge is 2.40. The second-order valence-corrected chi connectivity index (χ2v) is 8.63. The Labute approximate surface area is 184 Å². The smallest absolute Gasteiger partial charge is 0.308 e. The largest absolute Gasteiger partial charge is 0.481 e. The van der Waals surface area contributed by atoms with E-state index in [2.05, 4.69) is 0 Å². The standard InChI is InChI=1S/C24H36O7/c25-18(14-24(30)31-16-17-8-4-3-5-9-17)12-13-20-19(21(26)15-22(20)27)10-6-1-2-7-11-23(28)29/h3-5,8-9,18-22,25-27H,1-2,6-7,10-16H2,(H,28,29)/t18?,19-,20-,21?,22?/m1/s1. The second-order valence-electron chi connectivity index (χ2n) is 8.63. The van der Waals surface area contributed by atoms with Gasteiger partial charge in [0.15, 0.2) is 0 Å². The van der Waals surface area contributed by atoms with Crippen LogP contribution < -0.4 is 0 Å². The van der Waals surface area contributed by atoms with Gasteiger partial charge in [0.25, 0.3) is 0 Å². The molecule has 1 aliphatic carbocycles. The average Bonchev–Trinajstić information content (AvgIpc) is 3.00. The maximum absolute atomic E-state index is 12.0. The molecule has 1 aromatic rings. The molecule has 7 heteroatoms. The van der Waals surface area contributed by atoms with Crippen LogP contribution >= 0.6 is 0 Å². The van der Waals surface area contributed by atoms with Crippen molar-refractivity contribution >= 4 is 11.9 Å². The Morgan fingerprint density at radius 1 is 0.968 bits per heavy atom. The van der Waals surface area contributed by atoms with E-state index in [1.165, 1.54) is 0 Å². The van der Waals surface area contributed by atoms with E-state index < -0.39 is 30.3 Å². The van der Waals surface area contributed by atoms with Crippen LogP contribution in [0.4, 0.5) is 0 Å². The van der Waals surface area contributed by atoms with Crippen LogP contribution in [0, 0.1) is 11.8 Å². The van der Waals surface area contributed by atoms with Gasteiger partial charge in [0.05, 0.1) is 24.7 Å². The Balaban J connectivity index is 1.68. The van der Waals surface area contributed by atoms with Crippen molar-refractivity contribution in [1.82, 2.24) is 0 Å². The monoisotopic (exact) mass is 436 g/mol. The minimum atomic E-state index is -0.843. The lowest BCUT2D eigenvalue weighted by Crippen LogP contribution is -2.24. The Hall–Kier alpha value is -1.96.